The SMILES string of the molecule is CC.CC.CC.CC.CC(C)(C)C.CC(C)(C)C.CC(C)(C)C(=O)OCc1ccccc1.CC(C)(C)C(=O)OCc1ccccc1.CC(C)(C)CNC(=O)CCC(=O)OCc1ccccc1.CC(C)(C)CNC(=O)CCC(=O)OCc1ccccc1.CNC(C)(C)C.CNC(C)(C)C. The van der Waals surface area contributed by atoms with Gasteiger partial charge in [0.1, 0.15) is 26.4 Å². The molecule has 2 amide bonds. The van der Waals surface area contributed by atoms with Crippen LogP contribution in [0.2, 0.25) is 0 Å². The van der Waals surface area contributed by atoms with Crippen molar-refractivity contribution < 1.29 is 47.7 Å². The molecule has 14 heteroatoms. The van der Waals surface area contributed by atoms with Gasteiger partial charge in [-0.2, -0.15) is 0 Å². The van der Waals surface area contributed by atoms with Gasteiger partial charge in [0.25, 0.3) is 0 Å². The van der Waals surface area contributed by atoms with Crippen LogP contribution in [-0.2, 0) is 74.1 Å². The molecule has 4 aromatic carbocycles. The van der Waals surface area contributed by atoms with E-state index in [0.717, 1.165) is 22.3 Å². The van der Waals surface area contributed by atoms with Gasteiger partial charge >= 0.3 is 23.9 Å². The molecule has 4 aromatic rings. The van der Waals surface area contributed by atoms with Crippen molar-refractivity contribution in [2.45, 2.75) is 299 Å². The molecule has 0 saturated carbocycles. The number of nitrogens with one attached hydrogen (secondary N) is 4. The van der Waals surface area contributed by atoms with E-state index in [1.807, 2.05) is 274 Å². The molecule has 0 aliphatic rings. The van der Waals surface area contributed by atoms with Gasteiger partial charge in [-0.25, -0.2) is 0 Å². The van der Waals surface area contributed by atoms with E-state index in [1.165, 1.54) is 0 Å². The van der Waals surface area contributed by atoms with E-state index in [9.17, 15) is 28.8 Å². The lowest BCUT2D eigenvalue weighted by molar-refractivity contribution is -0.155. The molecule has 0 aromatic heterocycles. The quantitative estimate of drug-likeness (QED) is 0.0615. The van der Waals surface area contributed by atoms with E-state index < -0.39 is 10.8 Å². The average Bonchev–Trinajstić information content (AvgIpc) is 1.07. The normalized spacial score (nSPS) is 10.6. The molecule has 0 saturated heterocycles. The van der Waals surface area contributed by atoms with Crippen LogP contribution in [0.15, 0.2) is 121 Å². The molecule has 98 heavy (non-hydrogen) atoms. The van der Waals surface area contributed by atoms with Gasteiger partial charge in [0.15, 0.2) is 0 Å². The molecule has 0 unspecified atom stereocenters. The fraction of sp³-hybridized carbons (Fsp3) is 0.643. The third kappa shape index (κ3) is 96.0. The monoisotopic (exact) mass is 1380 g/mol. The maximum atomic E-state index is 11.5. The smallest absolute Gasteiger partial charge is 0.311 e. The molecule has 0 heterocycles. The highest BCUT2D eigenvalue weighted by atomic mass is 16.5. The molecule has 0 atom stereocenters. The maximum Gasteiger partial charge on any atom is 0.311 e. The van der Waals surface area contributed by atoms with Crippen LogP contribution in [0.25, 0.3) is 0 Å². The van der Waals surface area contributed by atoms with Crippen molar-refractivity contribution in [1.29, 1.82) is 0 Å². The Balaban J connectivity index is -0.000000162. The highest BCUT2D eigenvalue weighted by Crippen LogP contribution is 2.18. The van der Waals surface area contributed by atoms with E-state index >= 15 is 0 Å². The topological polar surface area (TPSA) is 187 Å². The van der Waals surface area contributed by atoms with Gasteiger partial charge in [-0.3, -0.25) is 28.8 Å². The minimum Gasteiger partial charge on any atom is -0.461 e. The molecule has 0 bridgehead atoms. The van der Waals surface area contributed by atoms with Gasteiger partial charge in [0.05, 0.1) is 23.7 Å². The molecule has 4 N–H and O–H groups in total. The van der Waals surface area contributed by atoms with E-state index in [2.05, 4.69) is 118 Å². The summed E-state index contributed by atoms with van der Waals surface area (Å²) >= 11 is 0. The molecular weight excluding hydrogens is 1220 g/mol. The molecule has 0 radical (unpaired) electrons. The van der Waals surface area contributed by atoms with E-state index in [0.29, 0.717) is 48.2 Å². The van der Waals surface area contributed by atoms with Crippen molar-refractivity contribution in [3.63, 3.8) is 0 Å². The van der Waals surface area contributed by atoms with E-state index in [1.54, 1.807) is 0 Å². The Labute approximate surface area is 603 Å². The number of benzene rings is 4. The Morgan fingerprint density at radius 3 is 0.622 bits per heavy atom. The van der Waals surface area contributed by atoms with Crippen molar-refractivity contribution in [3.8, 4) is 0 Å². The fourth-order valence-corrected chi connectivity index (χ4v) is 4.84. The predicted molar refractivity (Wildman–Crippen MR) is 421 cm³/mol. The molecular formula is C84H152N4O10. The molecule has 14 nitrogen and oxygen atoms in total. The van der Waals surface area contributed by atoms with Gasteiger partial charge in [-0.1, -0.05) is 274 Å². The molecule has 568 valence electrons. The summed E-state index contributed by atoms with van der Waals surface area (Å²) in [4.78, 5) is 69.0. The van der Waals surface area contributed by atoms with E-state index in [-0.39, 0.29) is 85.4 Å². The van der Waals surface area contributed by atoms with Crippen LogP contribution in [0.4, 0.5) is 0 Å². The number of rotatable bonds is 16. The minimum atomic E-state index is -0.422. The average molecular weight is 1380 g/mol. The Bertz CT molecular complexity index is 2310. The number of hydrogen-bond acceptors (Lipinski definition) is 12. The molecule has 0 fully saturated rings. The highest BCUT2D eigenvalue weighted by Gasteiger charge is 2.24. The number of hydrogen-bond donors (Lipinski definition) is 4. The number of amides is 2. The molecule has 0 spiro atoms. The van der Waals surface area contributed by atoms with Gasteiger partial charge in [-0.15, -0.1) is 0 Å². The summed E-state index contributed by atoms with van der Waals surface area (Å²) in [5.74, 6) is -1.25. The minimum absolute atomic E-state index is 0.0451. The Hall–Kier alpha value is -6.38. The number of carbonyl (C=O) groups is 6. The third-order valence-corrected chi connectivity index (χ3v) is 10.4. The van der Waals surface area contributed by atoms with E-state index in [4.69, 9.17) is 18.9 Å². The first kappa shape index (κ1) is 108. The lowest BCUT2D eigenvalue weighted by atomic mass is 9.97. The molecule has 0 aliphatic heterocycles. The van der Waals surface area contributed by atoms with Gasteiger partial charge < -0.3 is 40.2 Å². The van der Waals surface area contributed by atoms with Crippen LogP contribution in [0.1, 0.15) is 283 Å². The zero-order valence-electron chi connectivity index (χ0n) is 69.7. The van der Waals surface area contributed by atoms with Crippen LogP contribution >= 0.6 is 0 Å². The number of esters is 4. The van der Waals surface area contributed by atoms with Crippen molar-refractivity contribution in [2.24, 2.45) is 32.5 Å². The van der Waals surface area contributed by atoms with Crippen molar-refractivity contribution in [1.82, 2.24) is 21.3 Å². The van der Waals surface area contributed by atoms with Crippen LogP contribution in [-0.4, -0.2) is 74.0 Å². The van der Waals surface area contributed by atoms with Crippen molar-refractivity contribution in [2.75, 3.05) is 27.2 Å². The summed E-state index contributed by atoms with van der Waals surface area (Å²) in [5.41, 5.74) is 4.75. The summed E-state index contributed by atoms with van der Waals surface area (Å²) < 4.78 is 20.5. The van der Waals surface area contributed by atoms with Crippen LogP contribution in [0.5, 0.6) is 0 Å². The summed E-state index contributed by atoms with van der Waals surface area (Å²) in [6.45, 7) is 72.1. The van der Waals surface area contributed by atoms with Gasteiger partial charge in [0.2, 0.25) is 11.8 Å². The number of carbonyl (C=O) groups excluding carboxylic acids is 6. The maximum absolute atomic E-state index is 11.5. The summed E-state index contributed by atoms with van der Waals surface area (Å²) in [6, 6.07) is 38.3. The standard InChI is InChI=1S/2C16H23NO3.2C12H16O2.2C5H13N.2C5H12.4C2H6/c2*1-16(2,3)12-17-14(18)9-10-15(19)20-11-13-7-5-4-6-8-13;2*1-12(2,3)11(13)14-9-10-7-5-4-6-8-10;2*1-5(2,3)6-4;2*1-5(2,3)4;4*1-2/h2*4-8H,9-12H2,1-3H3,(H,17,18);2*4-8H,9H2,1-3H3;2*6H,1-4H3;2*1-4H3;4*1-2H3. The zero-order chi connectivity index (χ0) is 78.6. The predicted octanol–water partition coefficient (Wildman–Crippen LogP) is 21.1. The van der Waals surface area contributed by atoms with Crippen LogP contribution in [0, 0.1) is 32.5 Å². The molecule has 0 aliphatic carbocycles. The van der Waals surface area contributed by atoms with Crippen molar-refractivity contribution in [3.05, 3.63) is 144 Å². The third-order valence-electron chi connectivity index (χ3n) is 10.4. The van der Waals surface area contributed by atoms with Gasteiger partial charge in [0, 0.05) is 37.0 Å². The fourth-order valence-electron chi connectivity index (χ4n) is 4.84. The zero-order valence-corrected chi connectivity index (χ0v) is 69.7. The summed E-state index contributed by atoms with van der Waals surface area (Å²) in [5, 5.41) is 11.8. The summed E-state index contributed by atoms with van der Waals surface area (Å²) in [6.07, 6.45) is 0.568. The Morgan fingerprint density at radius 1 is 0.296 bits per heavy atom. The van der Waals surface area contributed by atoms with Gasteiger partial charge in [-0.05, 0) is 141 Å². The Morgan fingerprint density at radius 2 is 0.469 bits per heavy atom. The Kier molecular flexibility index (Phi) is 66.5. The second-order valence-corrected chi connectivity index (χ2v) is 31.6. The lowest BCUT2D eigenvalue weighted by Crippen LogP contribution is -2.32. The second kappa shape index (κ2) is 60.6. The largest absolute Gasteiger partial charge is 0.461 e. The first-order valence-corrected chi connectivity index (χ1v) is 35.6. The molecule has 4 rings (SSSR count). The lowest BCUT2D eigenvalue weighted by Gasteiger charge is -2.18. The summed E-state index contributed by atoms with van der Waals surface area (Å²) in [7, 11) is 3.92. The highest BCUT2D eigenvalue weighted by molar-refractivity contribution is 5.82. The van der Waals surface area contributed by atoms with Crippen molar-refractivity contribution >= 4 is 35.7 Å². The number of ether oxygens (including phenoxy) is 4. The van der Waals surface area contributed by atoms with Crippen LogP contribution < -0.4 is 21.3 Å². The second-order valence-electron chi connectivity index (χ2n) is 31.6. The van der Waals surface area contributed by atoms with Crippen LogP contribution in [0.3, 0.4) is 0 Å². The first-order chi connectivity index (χ1) is 44.9. The first-order valence-electron chi connectivity index (χ1n) is 35.6.